The molecule has 0 rings (SSSR count). The van der Waals surface area contributed by atoms with Crippen LogP contribution in [0.4, 0.5) is 0 Å². The predicted molar refractivity (Wildman–Crippen MR) is 67.3 cm³/mol. The molecule has 2 N–H and O–H groups in total. The Morgan fingerprint density at radius 2 is 1.69 bits per heavy atom. The number of alkyl halides is 1. The van der Waals surface area contributed by atoms with E-state index < -0.39 is 10.0 Å². The third kappa shape index (κ3) is 10.7. The second-order valence-electron chi connectivity index (χ2n) is 3.75. The molecule has 4 nitrogen and oxygen atoms in total. The van der Waals surface area contributed by atoms with Gasteiger partial charge in [-0.2, -0.15) is 0 Å². The average Bonchev–Trinajstić information content (AvgIpc) is 2.23. The zero-order chi connectivity index (χ0) is 12.3. The van der Waals surface area contributed by atoms with Gasteiger partial charge in [-0.15, -0.1) is 11.6 Å². The van der Waals surface area contributed by atoms with E-state index in [0.29, 0.717) is 18.8 Å². The van der Waals surface area contributed by atoms with Crippen molar-refractivity contribution in [2.45, 2.75) is 38.5 Å². The smallest absolute Gasteiger partial charge is 0.211 e. The second kappa shape index (κ2) is 10.3. The molecule has 0 saturated carbocycles. The van der Waals surface area contributed by atoms with Gasteiger partial charge in [-0.25, -0.2) is 13.1 Å². The summed E-state index contributed by atoms with van der Waals surface area (Å²) in [7, 11) is -3.10. The number of hydrogen-bond acceptors (Lipinski definition) is 3. The Balaban J connectivity index is 3.43. The SMILES string of the molecule is O=S(=O)(CCCCCl)NCCCCCCO. The van der Waals surface area contributed by atoms with Crippen LogP contribution in [0.15, 0.2) is 0 Å². The molecule has 0 spiro atoms. The maximum atomic E-state index is 11.4. The maximum absolute atomic E-state index is 11.4. The molecular formula is C10H22ClNO3S. The molecule has 6 heteroatoms. The minimum absolute atomic E-state index is 0.163. The third-order valence-electron chi connectivity index (χ3n) is 2.20. The molecule has 0 aliphatic rings. The first-order chi connectivity index (χ1) is 7.62. The highest BCUT2D eigenvalue weighted by Gasteiger charge is 2.07. The molecule has 0 heterocycles. The number of rotatable bonds is 11. The zero-order valence-corrected chi connectivity index (χ0v) is 11.2. The van der Waals surface area contributed by atoms with Crippen molar-refractivity contribution in [3.63, 3.8) is 0 Å². The van der Waals surface area contributed by atoms with E-state index in [1.54, 1.807) is 0 Å². The van der Waals surface area contributed by atoms with E-state index in [2.05, 4.69) is 4.72 Å². The lowest BCUT2D eigenvalue weighted by atomic mass is 10.2. The van der Waals surface area contributed by atoms with Gasteiger partial charge < -0.3 is 5.11 Å². The van der Waals surface area contributed by atoms with Crippen LogP contribution in [-0.2, 0) is 10.0 Å². The van der Waals surface area contributed by atoms with Crippen LogP contribution in [-0.4, -0.2) is 38.3 Å². The molecule has 0 amide bonds. The molecule has 98 valence electrons. The maximum Gasteiger partial charge on any atom is 0.211 e. The van der Waals surface area contributed by atoms with Gasteiger partial charge >= 0.3 is 0 Å². The monoisotopic (exact) mass is 271 g/mol. The number of aliphatic hydroxyl groups is 1. The summed E-state index contributed by atoms with van der Waals surface area (Å²) < 4.78 is 25.4. The molecule has 0 atom stereocenters. The van der Waals surface area contributed by atoms with Gasteiger partial charge in [-0.1, -0.05) is 12.8 Å². The molecule has 0 aromatic heterocycles. The van der Waals surface area contributed by atoms with Crippen LogP contribution in [0.1, 0.15) is 38.5 Å². The molecule has 0 aliphatic carbocycles. The third-order valence-corrected chi connectivity index (χ3v) is 3.94. The fourth-order valence-electron chi connectivity index (χ4n) is 1.28. The van der Waals surface area contributed by atoms with Crippen LogP contribution in [0.5, 0.6) is 0 Å². The van der Waals surface area contributed by atoms with Crippen molar-refractivity contribution in [3.05, 3.63) is 0 Å². The normalized spacial score (nSPS) is 11.9. The van der Waals surface area contributed by atoms with Gasteiger partial charge in [0.1, 0.15) is 0 Å². The summed E-state index contributed by atoms with van der Waals surface area (Å²) in [5.41, 5.74) is 0. The predicted octanol–water partition coefficient (Wildman–Crippen LogP) is 1.48. The van der Waals surface area contributed by atoms with Crippen molar-refractivity contribution in [1.82, 2.24) is 4.72 Å². The van der Waals surface area contributed by atoms with Crippen molar-refractivity contribution < 1.29 is 13.5 Å². The Kier molecular flexibility index (Phi) is 10.4. The van der Waals surface area contributed by atoms with E-state index in [1.807, 2.05) is 0 Å². The quantitative estimate of drug-likeness (QED) is 0.442. The zero-order valence-electron chi connectivity index (χ0n) is 9.62. The van der Waals surface area contributed by atoms with Crippen LogP contribution in [0.25, 0.3) is 0 Å². The van der Waals surface area contributed by atoms with Gasteiger partial charge in [-0.05, 0) is 25.7 Å². The molecule has 0 aromatic rings. The number of sulfonamides is 1. The van der Waals surface area contributed by atoms with E-state index in [1.165, 1.54) is 0 Å². The van der Waals surface area contributed by atoms with E-state index in [9.17, 15) is 8.42 Å². The van der Waals surface area contributed by atoms with Crippen molar-refractivity contribution in [3.8, 4) is 0 Å². The summed E-state index contributed by atoms with van der Waals surface area (Å²) in [6.07, 6.45) is 4.87. The first kappa shape index (κ1) is 16.2. The Bertz CT molecular complexity index is 244. The van der Waals surface area contributed by atoms with Gasteiger partial charge in [-0.3, -0.25) is 0 Å². The highest BCUT2D eigenvalue weighted by Crippen LogP contribution is 2.00. The fraction of sp³-hybridized carbons (Fsp3) is 1.00. The van der Waals surface area contributed by atoms with Gasteiger partial charge in [0.15, 0.2) is 0 Å². The molecule has 0 bridgehead atoms. The molecular weight excluding hydrogens is 250 g/mol. The number of unbranched alkanes of at least 4 members (excludes halogenated alkanes) is 4. The van der Waals surface area contributed by atoms with E-state index in [-0.39, 0.29) is 12.4 Å². The lowest BCUT2D eigenvalue weighted by Gasteiger charge is -2.05. The minimum atomic E-state index is -3.10. The molecule has 0 saturated heterocycles. The van der Waals surface area contributed by atoms with Crippen LogP contribution < -0.4 is 4.72 Å². The Morgan fingerprint density at radius 3 is 2.31 bits per heavy atom. The number of hydrogen-bond donors (Lipinski definition) is 2. The van der Waals surface area contributed by atoms with Crippen molar-refractivity contribution in [2.75, 3.05) is 24.8 Å². The van der Waals surface area contributed by atoms with Gasteiger partial charge in [0.25, 0.3) is 0 Å². The topological polar surface area (TPSA) is 66.4 Å². The lowest BCUT2D eigenvalue weighted by molar-refractivity contribution is 0.282. The van der Waals surface area contributed by atoms with Gasteiger partial charge in [0, 0.05) is 19.0 Å². The van der Waals surface area contributed by atoms with Crippen LogP contribution in [0.2, 0.25) is 0 Å². The second-order valence-corrected chi connectivity index (χ2v) is 6.05. The van der Waals surface area contributed by atoms with Crippen molar-refractivity contribution in [2.24, 2.45) is 0 Å². The van der Waals surface area contributed by atoms with Crippen molar-refractivity contribution in [1.29, 1.82) is 0 Å². The summed E-state index contributed by atoms with van der Waals surface area (Å²) in [4.78, 5) is 0. The summed E-state index contributed by atoms with van der Waals surface area (Å²) in [6, 6.07) is 0. The van der Waals surface area contributed by atoms with E-state index in [0.717, 1.165) is 32.1 Å². The van der Waals surface area contributed by atoms with Crippen LogP contribution in [0.3, 0.4) is 0 Å². The molecule has 0 aliphatic heterocycles. The molecule has 16 heavy (non-hydrogen) atoms. The molecule has 0 radical (unpaired) electrons. The minimum Gasteiger partial charge on any atom is -0.396 e. The highest BCUT2D eigenvalue weighted by atomic mass is 35.5. The highest BCUT2D eigenvalue weighted by molar-refractivity contribution is 7.89. The average molecular weight is 272 g/mol. The Labute approximate surface area is 103 Å². The van der Waals surface area contributed by atoms with Crippen molar-refractivity contribution >= 4 is 21.6 Å². The first-order valence-corrected chi connectivity index (χ1v) is 7.95. The molecule has 0 unspecified atom stereocenters. The number of halogens is 1. The summed E-state index contributed by atoms with van der Waals surface area (Å²) >= 11 is 5.47. The largest absolute Gasteiger partial charge is 0.396 e. The first-order valence-electron chi connectivity index (χ1n) is 5.76. The number of nitrogens with one attached hydrogen (secondary N) is 1. The number of aliphatic hydroxyl groups excluding tert-OH is 1. The van der Waals surface area contributed by atoms with Gasteiger partial charge in [0.2, 0.25) is 10.0 Å². The van der Waals surface area contributed by atoms with Gasteiger partial charge in [0.05, 0.1) is 5.75 Å². The molecule has 0 aromatic carbocycles. The van der Waals surface area contributed by atoms with Crippen LogP contribution >= 0.6 is 11.6 Å². The standard InChI is InChI=1S/C10H22ClNO3S/c11-7-3-6-10-16(14,15)12-8-4-1-2-5-9-13/h12-13H,1-10H2. The fourth-order valence-corrected chi connectivity index (χ4v) is 2.65. The van der Waals surface area contributed by atoms with E-state index >= 15 is 0 Å². The Hall–Kier alpha value is 0.160. The van der Waals surface area contributed by atoms with Crippen LogP contribution in [0, 0.1) is 0 Å². The summed E-state index contributed by atoms with van der Waals surface area (Å²) in [5, 5.41) is 8.55. The molecule has 0 fully saturated rings. The van der Waals surface area contributed by atoms with E-state index in [4.69, 9.17) is 16.7 Å². The summed E-state index contributed by atoms with van der Waals surface area (Å²) in [6.45, 7) is 0.707. The Morgan fingerprint density at radius 1 is 1.00 bits per heavy atom. The lowest BCUT2D eigenvalue weighted by Crippen LogP contribution is -2.27. The summed E-state index contributed by atoms with van der Waals surface area (Å²) in [5.74, 6) is 0.674.